The SMILES string of the molecule is C=CCOc1c(C(=O)OCC)nnc2ccccc12. The van der Waals surface area contributed by atoms with Gasteiger partial charge < -0.3 is 9.47 Å². The van der Waals surface area contributed by atoms with E-state index in [4.69, 9.17) is 9.47 Å². The van der Waals surface area contributed by atoms with E-state index in [2.05, 4.69) is 16.8 Å². The Morgan fingerprint density at radius 3 is 2.89 bits per heavy atom. The van der Waals surface area contributed by atoms with E-state index in [9.17, 15) is 4.79 Å². The first kappa shape index (κ1) is 13.0. The lowest BCUT2D eigenvalue weighted by Gasteiger charge is -2.10. The molecule has 0 fully saturated rings. The molecular formula is C14H14N2O3. The molecule has 0 amide bonds. The maximum atomic E-state index is 11.8. The van der Waals surface area contributed by atoms with Crippen LogP contribution in [-0.4, -0.2) is 29.4 Å². The second kappa shape index (κ2) is 5.95. The fourth-order valence-corrected chi connectivity index (χ4v) is 1.65. The summed E-state index contributed by atoms with van der Waals surface area (Å²) in [4.78, 5) is 11.8. The molecule has 1 aromatic heterocycles. The Hall–Kier alpha value is -2.43. The summed E-state index contributed by atoms with van der Waals surface area (Å²) in [5.74, 6) is -0.163. The van der Waals surface area contributed by atoms with Gasteiger partial charge in [-0.05, 0) is 19.1 Å². The maximum Gasteiger partial charge on any atom is 0.362 e. The van der Waals surface area contributed by atoms with Crippen molar-refractivity contribution in [1.29, 1.82) is 0 Å². The molecule has 19 heavy (non-hydrogen) atoms. The predicted molar refractivity (Wildman–Crippen MR) is 71.2 cm³/mol. The van der Waals surface area contributed by atoms with E-state index in [1.165, 1.54) is 0 Å². The van der Waals surface area contributed by atoms with Crippen molar-refractivity contribution in [3.63, 3.8) is 0 Å². The highest BCUT2D eigenvalue weighted by Crippen LogP contribution is 2.27. The van der Waals surface area contributed by atoms with Crippen LogP contribution in [0, 0.1) is 0 Å². The summed E-state index contributed by atoms with van der Waals surface area (Å²) >= 11 is 0. The summed E-state index contributed by atoms with van der Waals surface area (Å²) in [5.41, 5.74) is 0.747. The molecule has 5 heteroatoms. The van der Waals surface area contributed by atoms with Crippen molar-refractivity contribution in [2.45, 2.75) is 6.92 Å². The highest BCUT2D eigenvalue weighted by molar-refractivity contribution is 5.97. The molecule has 0 unspecified atom stereocenters. The van der Waals surface area contributed by atoms with Gasteiger partial charge in [-0.15, -0.1) is 10.2 Å². The minimum absolute atomic E-state index is 0.0856. The number of esters is 1. The van der Waals surface area contributed by atoms with Gasteiger partial charge in [0.15, 0.2) is 5.75 Å². The molecule has 5 nitrogen and oxygen atoms in total. The van der Waals surface area contributed by atoms with Crippen LogP contribution in [0.4, 0.5) is 0 Å². The first-order valence-corrected chi connectivity index (χ1v) is 5.94. The molecule has 0 saturated carbocycles. The normalized spacial score (nSPS) is 10.2. The first-order chi connectivity index (χ1) is 9.27. The summed E-state index contributed by atoms with van der Waals surface area (Å²) in [6.45, 7) is 5.87. The Labute approximate surface area is 110 Å². The minimum Gasteiger partial charge on any atom is -0.486 e. The smallest absolute Gasteiger partial charge is 0.362 e. The van der Waals surface area contributed by atoms with Crippen LogP contribution in [0.25, 0.3) is 10.9 Å². The molecule has 0 spiro atoms. The van der Waals surface area contributed by atoms with E-state index >= 15 is 0 Å². The second-order valence-corrected chi connectivity index (χ2v) is 3.72. The van der Waals surface area contributed by atoms with Gasteiger partial charge >= 0.3 is 5.97 Å². The number of ether oxygens (including phenoxy) is 2. The number of carbonyl (C=O) groups is 1. The average molecular weight is 258 g/mol. The quantitative estimate of drug-likeness (QED) is 0.608. The van der Waals surface area contributed by atoms with Crippen molar-refractivity contribution in [1.82, 2.24) is 10.2 Å². The van der Waals surface area contributed by atoms with Crippen molar-refractivity contribution in [2.24, 2.45) is 0 Å². The van der Waals surface area contributed by atoms with Crippen molar-refractivity contribution in [2.75, 3.05) is 13.2 Å². The number of nitrogens with zero attached hydrogens (tertiary/aromatic N) is 2. The number of benzene rings is 1. The molecule has 1 aromatic carbocycles. The van der Waals surface area contributed by atoms with Gasteiger partial charge in [-0.2, -0.15) is 0 Å². The Morgan fingerprint density at radius 1 is 1.37 bits per heavy atom. The summed E-state index contributed by atoms with van der Waals surface area (Å²) in [5, 5.41) is 8.62. The van der Waals surface area contributed by atoms with Crippen LogP contribution in [0.5, 0.6) is 5.75 Å². The van der Waals surface area contributed by atoms with Gasteiger partial charge in [0.2, 0.25) is 5.69 Å². The van der Waals surface area contributed by atoms with Crippen LogP contribution in [0.2, 0.25) is 0 Å². The Morgan fingerprint density at radius 2 is 2.16 bits per heavy atom. The lowest BCUT2D eigenvalue weighted by Crippen LogP contribution is -2.11. The number of fused-ring (bicyclic) bond motifs is 1. The third kappa shape index (κ3) is 2.70. The Bertz CT molecular complexity index is 611. The largest absolute Gasteiger partial charge is 0.486 e. The highest BCUT2D eigenvalue weighted by atomic mass is 16.5. The monoisotopic (exact) mass is 258 g/mol. The van der Waals surface area contributed by atoms with Crippen LogP contribution >= 0.6 is 0 Å². The zero-order valence-corrected chi connectivity index (χ0v) is 10.6. The third-order valence-corrected chi connectivity index (χ3v) is 2.44. The molecule has 1 heterocycles. The van der Waals surface area contributed by atoms with Crippen molar-refractivity contribution < 1.29 is 14.3 Å². The number of aromatic nitrogens is 2. The summed E-state index contributed by atoms with van der Waals surface area (Å²) in [6, 6.07) is 7.32. The summed E-state index contributed by atoms with van der Waals surface area (Å²) in [7, 11) is 0. The molecule has 0 bridgehead atoms. The molecule has 0 atom stereocenters. The van der Waals surface area contributed by atoms with Crippen LogP contribution in [0.1, 0.15) is 17.4 Å². The van der Waals surface area contributed by atoms with E-state index in [1.807, 2.05) is 18.2 Å². The molecule has 0 aliphatic heterocycles. The predicted octanol–water partition coefficient (Wildman–Crippen LogP) is 2.37. The van der Waals surface area contributed by atoms with Gasteiger partial charge in [0.1, 0.15) is 6.61 Å². The third-order valence-electron chi connectivity index (χ3n) is 2.44. The molecule has 2 aromatic rings. The fourth-order valence-electron chi connectivity index (χ4n) is 1.65. The zero-order valence-electron chi connectivity index (χ0n) is 10.6. The molecule has 0 aliphatic carbocycles. The Balaban J connectivity index is 2.55. The average Bonchev–Trinajstić information content (AvgIpc) is 2.44. The van der Waals surface area contributed by atoms with Crippen molar-refractivity contribution in [3.05, 3.63) is 42.6 Å². The minimum atomic E-state index is -0.542. The van der Waals surface area contributed by atoms with Crippen molar-refractivity contribution >= 4 is 16.9 Å². The fraction of sp³-hybridized carbons (Fsp3) is 0.214. The van der Waals surface area contributed by atoms with Crippen molar-refractivity contribution in [3.8, 4) is 5.75 Å². The molecule has 0 N–H and O–H groups in total. The number of hydrogen-bond donors (Lipinski definition) is 0. The standard InChI is InChI=1S/C14H14N2O3/c1-3-9-19-13-10-7-5-6-8-11(10)15-16-12(13)14(17)18-4-2/h3,5-8H,1,4,9H2,2H3. The first-order valence-electron chi connectivity index (χ1n) is 5.94. The van der Waals surface area contributed by atoms with E-state index in [0.29, 0.717) is 11.3 Å². The second-order valence-electron chi connectivity index (χ2n) is 3.72. The van der Waals surface area contributed by atoms with Crippen LogP contribution in [0.3, 0.4) is 0 Å². The van der Waals surface area contributed by atoms with E-state index in [-0.39, 0.29) is 18.9 Å². The highest BCUT2D eigenvalue weighted by Gasteiger charge is 2.19. The summed E-state index contributed by atoms with van der Waals surface area (Å²) in [6.07, 6.45) is 1.60. The van der Waals surface area contributed by atoms with E-state index in [1.54, 1.807) is 19.1 Å². The van der Waals surface area contributed by atoms with Gasteiger partial charge in [-0.3, -0.25) is 0 Å². The number of rotatable bonds is 5. The Kier molecular flexibility index (Phi) is 4.07. The molecule has 0 aliphatic rings. The number of hydrogen-bond acceptors (Lipinski definition) is 5. The van der Waals surface area contributed by atoms with E-state index in [0.717, 1.165) is 5.39 Å². The van der Waals surface area contributed by atoms with Gasteiger partial charge in [0.05, 0.1) is 12.1 Å². The van der Waals surface area contributed by atoms with Gasteiger partial charge in [0, 0.05) is 5.39 Å². The molecular weight excluding hydrogens is 244 g/mol. The van der Waals surface area contributed by atoms with Crippen LogP contribution in [0.15, 0.2) is 36.9 Å². The topological polar surface area (TPSA) is 61.3 Å². The van der Waals surface area contributed by atoms with Crippen LogP contribution in [-0.2, 0) is 4.74 Å². The van der Waals surface area contributed by atoms with Crippen LogP contribution < -0.4 is 4.74 Å². The van der Waals surface area contributed by atoms with E-state index < -0.39 is 5.97 Å². The lowest BCUT2D eigenvalue weighted by atomic mass is 10.2. The molecule has 98 valence electrons. The van der Waals surface area contributed by atoms with Gasteiger partial charge in [0.25, 0.3) is 0 Å². The van der Waals surface area contributed by atoms with Gasteiger partial charge in [-0.25, -0.2) is 4.79 Å². The number of carbonyl (C=O) groups excluding carboxylic acids is 1. The lowest BCUT2D eigenvalue weighted by molar-refractivity contribution is 0.0514. The summed E-state index contributed by atoms with van der Waals surface area (Å²) < 4.78 is 10.5. The van der Waals surface area contributed by atoms with Gasteiger partial charge in [-0.1, -0.05) is 24.8 Å². The molecule has 0 saturated heterocycles. The zero-order chi connectivity index (χ0) is 13.7. The molecule has 0 radical (unpaired) electrons. The maximum absolute atomic E-state index is 11.8. The molecule has 2 rings (SSSR count).